The van der Waals surface area contributed by atoms with Gasteiger partial charge in [0.2, 0.25) is 5.95 Å². The Bertz CT molecular complexity index is 415. The molecule has 0 unspecified atom stereocenters. The number of rotatable bonds is 4. The fraction of sp³-hybridized carbons (Fsp3) is 0.692. The van der Waals surface area contributed by atoms with E-state index in [4.69, 9.17) is 0 Å². The van der Waals surface area contributed by atoms with Crippen molar-refractivity contribution < 1.29 is 5.11 Å². The predicted octanol–water partition coefficient (Wildman–Crippen LogP) is 1.57. The average Bonchev–Trinajstić information content (AvgIpc) is 2.74. The van der Waals surface area contributed by atoms with Crippen LogP contribution in [0, 0.1) is 6.92 Å². The van der Waals surface area contributed by atoms with Gasteiger partial charge in [0.25, 0.3) is 0 Å². The minimum atomic E-state index is -0.548. The van der Waals surface area contributed by atoms with Crippen molar-refractivity contribution in [3.63, 3.8) is 0 Å². The first kappa shape index (κ1) is 13.1. The van der Waals surface area contributed by atoms with Crippen molar-refractivity contribution in [3.8, 4) is 0 Å². The molecule has 100 valence electrons. The van der Waals surface area contributed by atoms with Crippen molar-refractivity contribution in [2.24, 2.45) is 0 Å². The summed E-state index contributed by atoms with van der Waals surface area (Å²) in [4.78, 5) is 10.7. The van der Waals surface area contributed by atoms with Crippen LogP contribution in [0.5, 0.6) is 0 Å². The smallest absolute Gasteiger partial charge is 0.224 e. The van der Waals surface area contributed by atoms with Crippen molar-refractivity contribution in [1.82, 2.24) is 9.97 Å². The van der Waals surface area contributed by atoms with Crippen LogP contribution in [0.25, 0.3) is 0 Å². The number of aryl methyl sites for hydroxylation is 1. The third-order valence-electron chi connectivity index (χ3n) is 3.52. The van der Waals surface area contributed by atoms with Crippen LogP contribution in [0.4, 0.5) is 11.8 Å². The second-order valence-electron chi connectivity index (χ2n) is 5.23. The lowest BCUT2D eigenvalue weighted by Crippen LogP contribution is -2.39. The molecule has 1 saturated carbocycles. The van der Waals surface area contributed by atoms with E-state index in [0.29, 0.717) is 12.5 Å². The Balaban J connectivity index is 2.12. The van der Waals surface area contributed by atoms with Gasteiger partial charge in [-0.2, -0.15) is 4.98 Å². The minimum absolute atomic E-state index is 0.548. The van der Waals surface area contributed by atoms with Crippen LogP contribution < -0.4 is 10.2 Å². The molecule has 0 saturated heterocycles. The Kier molecular flexibility index (Phi) is 3.71. The fourth-order valence-electron chi connectivity index (χ4n) is 2.57. The maximum absolute atomic E-state index is 10.4. The van der Waals surface area contributed by atoms with Crippen molar-refractivity contribution in [3.05, 3.63) is 11.8 Å². The van der Waals surface area contributed by atoms with Gasteiger partial charge in [0.05, 0.1) is 5.60 Å². The number of hydrogen-bond acceptors (Lipinski definition) is 5. The molecule has 1 aliphatic carbocycles. The van der Waals surface area contributed by atoms with Gasteiger partial charge >= 0.3 is 0 Å². The zero-order chi connectivity index (χ0) is 13.2. The lowest BCUT2D eigenvalue weighted by Gasteiger charge is -2.29. The summed E-state index contributed by atoms with van der Waals surface area (Å²) < 4.78 is 0. The molecule has 2 rings (SSSR count). The van der Waals surface area contributed by atoms with E-state index < -0.39 is 5.60 Å². The monoisotopic (exact) mass is 250 g/mol. The first-order chi connectivity index (χ1) is 8.52. The van der Waals surface area contributed by atoms with Gasteiger partial charge in [0.15, 0.2) is 0 Å². The van der Waals surface area contributed by atoms with Gasteiger partial charge in [0, 0.05) is 32.4 Å². The predicted molar refractivity (Wildman–Crippen MR) is 73.0 cm³/mol. The topological polar surface area (TPSA) is 61.3 Å². The third-order valence-corrected chi connectivity index (χ3v) is 3.52. The van der Waals surface area contributed by atoms with Crippen molar-refractivity contribution in [1.29, 1.82) is 0 Å². The number of hydrogen-bond donors (Lipinski definition) is 2. The van der Waals surface area contributed by atoms with Crippen molar-refractivity contribution in [2.45, 2.75) is 38.2 Å². The molecule has 1 aromatic rings. The number of nitrogens with one attached hydrogen (secondary N) is 1. The molecule has 0 spiro atoms. The molecule has 1 aromatic heterocycles. The van der Waals surface area contributed by atoms with Gasteiger partial charge in [0.1, 0.15) is 5.82 Å². The summed E-state index contributed by atoms with van der Waals surface area (Å²) in [5.41, 5.74) is 0.377. The van der Waals surface area contributed by atoms with Crippen LogP contribution in [0.15, 0.2) is 6.07 Å². The highest BCUT2D eigenvalue weighted by Gasteiger charge is 2.32. The average molecular weight is 250 g/mol. The first-order valence-electron chi connectivity index (χ1n) is 6.49. The van der Waals surface area contributed by atoms with Crippen LogP contribution in [0.1, 0.15) is 31.4 Å². The highest BCUT2D eigenvalue weighted by atomic mass is 16.3. The molecule has 5 nitrogen and oxygen atoms in total. The Labute approximate surface area is 108 Å². The summed E-state index contributed by atoms with van der Waals surface area (Å²) in [5.74, 6) is 1.47. The van der Waals surface area contributed by atoms with E-state index in [1.165, 1.54) is 0 Å². The van der Waals surface area contributed by atoms with Crippen LogP contribution in [-0.4, -0.2) is 41.3 Å². The van der Waals surface area contributed by atoms with Gasteiger partial charge in [-0.15, -0.1) is 0 Å². The lowest BCUT2D eigenvalue weighted by molar-refractivity contribution is 0.0558. The Morgan fingerprint density at radius 3 is 2.67 bits per heavy atom. The quantitative estimate of drug-likeness (QED) is 0.849. The zero-order valence-corrected chi connectivity index (χ0v) is 11.4. The summed E-state index contributed by atoms with van der Waals surface area (Å²) in [5, 5.41) is 13.4. The molecule has 18 heavy (non-hydrogen) atoms. The van der Waals surface area contributed by atoms with Crippen LogP contribution in [0.2, 0.25) is 0 Å². The number of likely N-dealkylation sites (N-methyl/N-ethyl adjacent to an activating group) is 1. The zero-order valence-electron chi connectivity index (χ0n) is 11.4. The molecular weight excluding hydrogens is 228 g/mol. The van der Waals surface area contributed by atoms with Gasteiger partial charge in [-0.05, 0) is 19.8 Å². The second-order valence-corrected chi connectivity index (χ2v) is 5.23. The summed E-state index contributed by atoms with van der Waals surface area (Å²) >= 11 is 0. The van der Waals surface area contributed by atoms with Crippen molar-refractivity contribution in [2.75, 3.05) is 30.9 Å². The summed E-state index contributed by atoms with van der Waals surface area (Å²) in [6.45, 7) is 2.58. The summed E-state index contributed by atoms with van der Waals surface area (Å²) in [6.07, 6.45) is 4.02. The largest absolute Gasteiger partial charge is 0.388 e. The van der Waals surface area contributed by atoms with Gasteiger partial charge in [-0.1, -0.05) is 12.8 Å². The number of aromatic nitrogens is 2. The minimum Gasteiger partial charge on any atom is -0.388 e. The maximum atomic E-state index is 10.4. The Hall–Kier alpha value is -1.36. The highest BCUT2D eigenvalue weighted by Crippen LogP contribution is 2.30. The molecule has 1 heterocycles. The number of aliphatic hydroxyl groups is 1. The van der Waals surface area contributed by atoms with E-state index in [1.54, 1.807) is 0 Å². The molecular formula is C13H22N4O. The van der Waals surface area contributed by atoms with Gasteiger partial charge < -0.3 is 15.3 Å². The van der Waals surface area contributed by atoms with Crippen molar-refractivity contribution >= 4 is 11.8 Å². The van der Waals surface area contributed by atoms with E-state index >= 15 is 0 Å². The summed E-state index contributed by atoms with van der Waals surface area (Å²) in [6, 6.07) is 1.94. The van der Waals surface area contributed by atoms with E-state index in [9.17, 15) is 5.11 Å². The standard InChI is InChI=1S/C13H22N4O/c1-10-8-11(16-12(14-2)15-10)17(3)9-13(18)6-4-5-7-13/h8,18H,4-7,9H2,1-3H3,(H,14,15,16). The van der Waals surface area contributed by atoms with E-state index in [2.05, 4.69) is 15.3 Å². The molecule has 1 fully saturated rings. The van der Waals surface area contributed by atoms with E-state index in [-0.39, 0.29) is 0 Å². The molecule has 0 amide bonds. The third kappa shape index (κ3) is 2.90. The highest BCUT2D eigenvalue weighted by molar-refractivity contribution is 5.44. The normalized spacial score (nSPS) is 17.8. The number of anilines is 2. The molecule has 2 N–H and O–H groups in total. The van der Waals surface area contributed by atoms with E-state index in [0.717, 1.165) is 37.2 Å². The maximum Gasteiger partial charge on any atom is 0.224 e. The van der Waals surface area contributed by atoms with Gasteiger partial charge in [-0.3, -0.25) is 0 Å². The SMILES string of the molecule is CNc1nc(C)cc(N(C)CC2(O)CCCC2)n1. The van der Waals surface area contributed by atoms with Crippen LogP contribution in [0.3, 0.4) is 0 Å². The Morgan fingerprint density at radius 1 is 1.39 bits per heavy atom. The fourth-order valence-corrected chi connectivity index (χ4v) is 2.57. The molecule has 0 atom stereocenters. The molecule has 1 aliphatic rings. The first-order valence-corrected chi connectivity index (χ1v) is 6.49. The molecule has 5 heteroatoms. The molecule has 0 radical (unpaired) electrons. The Morgan fingerprint density at radius 2 is 2.06 bits per heavy atom. The molecule has 0 bridgehead atoms. The number of nitrogens with zero attached hydrogens (tertiary/aromatic N) is 3. The van der Waals surface area contributed by atoms with Crippen LogP contribution in [-0.2, 0) is 0 Å². The lowest BCUT2D eigenvalue weighted by atomic mass is 10.0. The van der Waals surface area contributed by atoms with E-state index in [1.807, 2.05) is 32.0 Å². The molecule has 0 aliphatic heterocycles. The van der Waals surface area contributed by atoms with Gasteiger partial charge in [-0.25, -0.2) is 4.98 Å². The molecule has 0 aromatic carbocycles. The van der Waals surface area contributed by atoms with Crippen LogP contribution >= 0.6 is 0 Å². The second kappa shape index (κ2) is 5.10. The summed E-state index contributed by atoms with van der Waals surface area (Å²) in [7, 11) is 3.78.